The van der Waals surface area contributed by atoms with Crippen LogP contribution in [0, 0.1) is 0 Å². The fraction of sp³-hybridized carbons (Fsp3) is 0.263. The van der Waals surface area contributed by atoms with Crippen molar-refractivity contribution in [1.29, 1.82) is 0 Å². The van der Waals surface area contributed by atoms with Crippen LogP contribution in [-0.4, -0.2) is 32.7 Å². The van der Waals surface area contributed by atoms with Crippen LogP contribution in [0.1, 0.15) is 35.7 Å². The number of sulfone groups is 1. The lowest BCUT2D eigenvalue weighted by atomic mass is 10.0. The number of benzene rings is 2. The Morgan fingerprint density at radius 1 is 1.00 bits per heavy atom. The quantitative estimate of drug-likeness (QED) is 0.703. The number of carbonyl (C=O) groups excluding carboxylic acids is 2. The Morgan fingerprint density at radius 3 is 2.07 bits per heavy atom. The van der Waals surface area contributed by atoms with Crippen LogP contribution in [0.25, 0.3) is 0 Å². The van der Waals surface area contributed by atoms with Gasteiger partial charge in [0.2, 0.25) is 9.84 Å². The SMILES string of the molecule is CC(C)c1ccc(NC(=O)COC(=O)c2ccc(S(=O)(=O)C(F)F)cc2)cc1. The van der Waals surface area contributed by atoms with Crippen LogP contribution in [0.4, 0.5) is 14.5 Å². The van der Waals surface area contributed by atoms with Crippen LogP contribution < -0.4 is 5.32 Å². The van der Waals surface area contributed by atoms with E-state index < -0.39 is 39.0 Å². The van der Waals surface area contributed by atoms with Gasteiger partial charge in [0.25, 0.3) is 5.91 Å². The van der Waals surface area contributed by atoms with Gasteiger partial charge in [0.05, 0.1) is 10.5 Å². The maximum Gasteiger partial charge on any atom is 0.341 e. The van der Waals surface area contributed by atoms with Crippen molar-refractivity contribution in [3.8, 4) is 0 Å². The minimum atomic E-state index is -4.74. The average Bonchev–Trinajstić information content (AvgIpc) is 2.66. The average molecular weight is 411 g/mol. The van der Waals surface area contributed by atoms with E-state index >= 15 is 0 Å². The third-order valence-corrected chi connectivity index (χ3v) is 5.25. The summed E-state index contributed by atoms with van der Waals surface area (Å²) in [5.41, 5.74) is 1.59. The first-order valence-electron chi connectivity index (χ1n) is 8.30. The third kappa shape index (κ3) is 5.35. The van der Waals surface area contributed by atoms with Crippen molar-refractivity contribution in [1.82, 2.24) is 0 Å². The van der Waals surface area contributed by atoms with Gasteiger partial charge < -0.3 is 10.1 Å². The Morgan fingerprint density at radius 2 is 1.57 bits per heavy atom. The Hall–Kier alpha value is -2.81. The van der Waals surface area contributed by atoms with Crippen molar-refractivity contribution in [2.24, 2.45) is 0 Å². The fourth-order valence-corrected chi connectivity index (χ4v) is 2.97. The molecule has 0 fully saturated rings. The van der Waals surface area contributed by atoms with Crippen LogP contribution >= 0.6 is 0 Å². The second-order valence-electron chi connectivity index (χ2n) is 6.23. The molecule has 150 valence electrons. The smallest absolute Gasteiger partial charge is 0.341 e. The van der Waals surface area contributed by atoms with E-state index in [1.54, 1.807) is 12.1 Å². The molecular formula is C19H19F2NO5S. The van der Waals surface area contributed by atoms with Gasteiger partial charge in [0.1, 0.15) is 0 Å². The van der Waals surface area contributed by atoms with Gasteiger partial charge in [-0.1, -0.05) is 26.0 Å². The first kappa shape index (κ1) is 21.5. The van der Waals surface area contributed by atoms with E-state index in [9.17, 15) is 26.8 Å². The molecule has 0 saturated carbocycles. The highest BCUT2D eigenvalue weighted by Gasteiger charge is 2.26. The summed E-state index contributed by atoms with van der Waals surface area (Å²) >= 11 is 0. The molecule has 0 aliphatic rings. The summed E-state index contributed by atoms with van der Waals surface area (Å²) in [6, 6.07) is 11.1. The predicted octanol–water partition coefficient (Wildman–Crippen LogP) is 3.60. The summed E-state index contributed by atoms with van der Waals surface area (Å²) in [4.78, 5) is 23.2. The molecule has 0 aromatic heterocycles. The number of esters is 1. The van der Waals surface area contributed by atoms with E-state index in [-0.39, 0.29) is 5.56 Å². The second-order valence-corrected chi connectivity index (χ2v) is 8.15. The minimum Gasteiger partial charge on any atom is -0.452 e. The zero-order valence-corrected chi connectivity index (χ0v) is 16.0. The van der Waals surface area contributed by atoms with Crippen LogP contribution in [0.15, 0.2) is 53.4 Å². The van der Waals surface area contributed by atoms with Gasteiger partial charge in [0.15, 0.2) is 6.61 Å². The summed E-state index contributed by atoms with van der Waals surface area (Å²) in [7, 11) is -4.74. The Balaban J connectivity index is 1.91. The molecule has 0 aliphatic carbocycles. The number of carbonyl (C=O) groups is 2. The number of hydrogen-bond donors (Lipinski definition) is 1. The lowest BCUT2D eigenvalue weighted by Crippen LogP contribution is -2.21. The van der Waals surface area contributed by atoms with Crippen molar-refractivity contribution in [2.75, 3.05) is 11.9 Å². The number of anilines is 1. The van der Waals surface area contributed by atoms with Gasteiger partial charge >= 0.3 is 11.7 Å². The van der Waals surface area contributed by atoms with Gasteiger partial charge in [-0.2, -0.15) is 8.78 Å². The highest BCUT2D eigenvalue weighted by atomic mass is 32.2. The van der Waals surface area contributed by atoms with E-state index in [1.807, 2.05) is 26.0 Å². The van der Waals surface area contributed by atoms with E-state index in [1.165, 1.54) is 0 Å². The van der Waals surface area contributed by atoms with Crippen LogP contribution in [0.5, 0.6) is 0 Å². The number of rotatable bonds is 7. The third-order valence-electron chi connectivity index (χ3n) is 3.85. The zero-order chi connectivity index (χ0) is 20.9. The standard InChI is InChI=1S/C19H19F2NO5S/c1-12(2)13-3-7-15(8-4-13)22-17(23)11-27-18(24)14-5-9-16(10-6-14)28(25,26)19(20)21/h3-10,12,19H,11H2,1-2H3,(H,22,23). The number of ether oxygens (including phenoxy) is 1. The molecule has 0 saturated heterocycles. The minimum absolute atomic E-state index is 0.0673. The van der Waals surface area contributed by atoms with Gasteiger partial charge in [0, 0.05) is 5.69 Å². The van der Waals surface area contributed by atoms with Gasteiger partial charge in [-0.05, 0) is 47.9 Å². The van der Waals surface area contributed by atoms with E-state index in [0.29, 0.717) is 11.6 Å². The maximum atomic E-state index is 12.5. The summed E-state index contributed by atoms with van der Waals surface area (Å²) in [6.45, 7) is 3.53. The van der Waals surface area contributed by atoms with E-state index in [2.05, 4.69) is 5.32 Å². The van der Waals surface area contributed by atoms with Crippen molar-refractivity contribution >= 4 is 27.4 Å². The van der Waals surface area contributed by atoms with E-state index in [4.69, 9.17) is 4.74 Å². The summed E-state index contributed by atoms with van der Waals surface area (Å²) in [6.07, 6.45) is 0. The molecule has 0 bridgehead atoms. The number of hydrogen-bond acceptors (Lipinski definition) is 5. The topological polar surface area (TPSA) is 89.5 Å². The Bertz CT molecular complexity index is 939. The fourth-order valence-electron chi connectivity index (χ4n) is 2.25. The molecule has 6 nitrogen and oxygen atoms in total. The highest BCUT2D eigenvalue weighted by molar-refractivity contribution is 7.91. The van der Waals surface area contributed by atoms with Crippen molar-refractivity contribution in [3.05, 3.63) is 59.7 Å². The molecule has 0 unspecified atom stereocenters. The van der Waals surface area contributed by atoms with Crippen molar-refractivity contribution in [3.63, 3.8) is 0 Å². The molecule has 2 aromatic carbocycles. The van der Waals surface area contributed by atoms with Crippen LogP contribution in [0.2, 0.25) is 0 Å². The molecule has 1 N–H and O–H groups in total. The van der Waals surface area contributed by atoms with Crippen LogP contribution in [0.3, 0.4) is 0 Å². The first-order valence-corrected chi connectivity index (χ1v) is 9.85. The van der Waals surface area contributed by atoms with Crippen molar-refractivity contribution in [2.45, 2.75) is 30.4 Å². The van der Waals surface area contributed by atoms with Crippen LogP contribution in [-0.2, 0) is 19.4 Å². The second kappa shape index (κ2) is 8.92. The normalized spacial score (nSPS) is 11.5. The number of nitrogens with one attached hydrogen (secondary N) is 1. The van der Waals surface area contributed by atoms with Crippen molar-refractivity contribution < 1.29 is 31.5 Å². The number of halogens is 2. The molecule has 9 heteroatoms. The Labute approximate surface area is 161 Å². The van der Waals surface area contributed by atoms with Gasteiger partial charge in [-0.25, -0.2) is 13.2 Å². The van der Waals surface area contributed by atoms with Gasteiger partial charge in [-0.15, -0.1) is 0 Å². The number of alkyl halides is 2. The lowest BCUT2D eigenvalue weighted by Gasteiger charge is -2.09. The molecule has 1 amide bonds. The van der Waals surface area contributed by atoms with E-state index in [0.717, 1.165) is 29.8 Å². The summed E-state index contributed by atoms with van der Waals surface area (Å²) in [5.74, 6) is -4.63. The summed E-state index contributed by atoms with van der Waals surface area (Å²) < 4.78 is 52.5. The maximum absolute atomic E-state index is 12.5. The molecule has 28 heavy (non-hydrogen) atoms. The molecule has 0 heterocycles. The monoisotopic (exact) mass is 411 g/mol. The summed E-state index contributed by atoms with van der Waals surface area (Å²) in [5, 5.41) is 2.58. The first-order chi connectivity index (χ1) is 13.1. The molecule has 0 atom stereocenters. The zero-order valence-electron chi connectivity index (χ0n) is 15.2. The molecule has 2 rings (SSSR count). The molecule has 2 aromatic rings. The Kier molecular flexibility index (Phi) is 6.85. The molecule has 0 spiro atoms. The molecule has 0 aliphatic heterocycles. The predicted molar refractivity (Wildman–Crippen MR) is 99.1 cm³/mol. The highest BCUT2D eigenvalue weighted by Crippen LogP contribution is 2.19. The lowest BCUT2D eigenvalue weighted by molar-refractivity contribution is -0.119. The molecular weight excluding hydrogens is 392 g/mol. The largest absolute Gasteiger partial charge is 0.452 e. The van der Waals surface area contributed by atoms with Gasteiger partial charge in [-0.3, -0.25) is 4.79 Å². The number of amides is 1. The molecule has 0 radical (unpaired) electrons.